The topological polar surface area (TPSA) is 26.3 Å². The van der Waals surface area contributed by atoms with E-state index in [-0.39, 0.29) is 17.7 Å². The van der Waals surface area contributed by atoms with E-state index in [2.05, 4.69) is 4.74 Å². The smallest absolute Gasteiger partial charge is 0.306 e. The maximum absolute atomic E-state index is 13.1. The molecule has 16 heavy (non-hydrogen) atoms. The summed E-state index contributed by atoms with van der Waals surface area (Å²) >= 11 is 0. The van der Waals surface area contributed by atoms with Crippen molar-refractivity contribution in [1.82, 2.24) is 0 Å². The van der Waals surface area contributed by atoms with Crippen LogP contribution in [-0.2, 0) is 9.53 Å². The lowest BCUT2D eigenvalue weighted by Gasteiger charge is -2.14. The molecule has 0 bridgehead atoms. The monoisotopic (exact) mass is 224 g/mol. The fourth-order valence-corrected chi connectivity index (χ4v) is 1.70. The van der Waals surface area contributed by atoms with Gasteiger partial charge in [0.1, 0.15) is 5.82 Å². The number of halogens is 1. The second-order valence-electron chi connectivity index (χ2n) is 3.89. The number of hydrogen-bond donors (Lipinski definition) is 0. The lowest BCUT2D eigenvalue weighted by atomic mass is 9.92. The maximum atomic E-state index is 13.1. The Kier molecular flexibility index (Phi) is 4.47. The van der Waals surface area contributed by atoms with Crippen molar-refractivity contribution in [3.05, 3.63) is 35.1 Å². The van der Waals surface area contributed by atoms with Gasteiger partial charge in [-0.05, 0) is 36.5 Å². The number of methoxy groups -OCH3 is 1. The summed E-state index contributed by atoms with van der Waals surface area (Å²) in [4.78, 5) is 11.2. The Labute approximate surface area is 95.4 Å². The third-order valence-corrected chi connectivity index (χ3v) is 2.79. The van der Waals surface area contributed by atoms with Crippen LogP contribution in [0.25, 0.3) is 0 Å². The first-order chi connectivity index (χ1) is 7.58. The molecule has 2 nitrogen and oxygen atoms in total. The number of benzene rings is 1. The molecule has 3 heteroatoms. The highest BCUT2D eigenvalue weighted by atomic mass is 19.1. The second kappa shape index (κ2) is 5.64. The van der Waals surface area contributed by atoms with Gasteiger partial charge >= 0.3 is 5.97 Å². The van der Waals surface area contributed by atoms with Crippen LogP contribution < -0.4 is 0 Å². The van der Waals surface area contributed by atoms with Gasteiger partial charge in [0, 0.05) is 0 Å². The van der Waals surface area contributed by atoms with Crippen LogP contribution in [0.1, 0.15) is 36.8 Å². The molecule has 0 fully saturated rings. The third-order valence-electron chi connectivity index (χ3n) is 2.79. The van der Waals surface area contributed by atoms with Crippen LogP contribution in [0.5, 0.6) is 0 Å². The number of ether oxygens (including phenoxy) is 1. The normalized spacial score (nSPS) is 12.2. The lowest BCUT2D eigenvalue weighted by Crippen LogP contribution is -2.08. The average molecular weight is 224 g/mol. The summed E-state index contributed by atoms with van der Waals surface area (Å²) in [5.74, 6) is -0.336. The van der Waals surface area contributed by atoms with Crippen molar-refractivity contribution in [3.63, 3.8) is 0 Å². The zero-order chi connectivity index (χ0) is 12.1. The molecule has 0 radical (unpaired) electrons. The first-order valence-corrected chi connectivity index (χ1v) is 5.41. The van der Waals surface area contributed by atoms with E-state index in [0.717, 1.165) is 12.0 Å². The molecule has 0 N–H and O–H groups in total. The molecule has 1 rings (SSSR count). The van der Waals surface area contributed by atoms with E-state index < -0.39 is 0 Å². The zero-order valence-electron chi connectivity index (χ0n) is 9.92. The summed E-state index contributed by atoms with van der Waals surface area (Å²) in [6.07, 6.45) is 1.18. The molecule has 0 saturated heterocycles. The summed E-state index contributed by atoms with van der Waals surface area (Å²) in [6, 6.07) is 4.98. The second-order valence-corrected chi connectivity index (χ2v) is 3.89. The number of esters is 1. The molecule has 0 heterocycles. The summed E-state index contributed by atoms with van der Waals surface area (Å²) in [5.41, 5.74) is 1.60. The van der Waals surface area contributed by atoms with Crippen LogP contribution in [0.3, 0.4) is 0 Å². The van der Waals surface area contributed by atoms with Crippen LogP contribution >= 0.6 is 0 Å². The Bertz CT molecular complexity index is 374. The average Bonchev–Trinajstić information content (AvgIpc) is 2.29. The van der Waals surface area contributed by atoms with Gasteiger partial charge in [0.05, 0.1) is 13.5 Å². The van der Waals surface area contributed by atoms with E-state index in [1.165, 1.54) is 13.2 Å². The van der Waals surface area contributed by atoms with Crippen molar-refractivity contribution in [2.24, 2.45) is 0 Å². The molecule has 0 spiro atoms. The lowest BCUT2D eigenvalue weighted by molar-refractivity contribution is -0.141. The first kappa shape index (κ1) is 12.7. The minimum absolute atomic E-state index is 0.103. The van der Waals surface area contributed by atoms with Crippen molar-refractivity contribution in [1.29, 1.82) is 0 Å². The molecule has 0 aliphatic rings. The maximum Gasteiger partial charge on any atom is 0.306 e. The van der Waals surface area contributed by atoms with Gasteiger partial charge in [0.25, 0.3) is 0 Å². The summed E-state index contributed by atoms with van der Waals surface area (Å²) < 4.78 is 17.7. The van der Waals surface area contributed by atoms with E-state index in [9.17, 15) is 9.18 Å². The Morgan fingerprint density at radius 1 is 1.50 bits per heavy atom. The Hall–Kier alpha value is -1.38. The van der Waals surface area contributed by atoms with E-state index in [1.807, 2.05) is 6.92 Å². The summed E-state index contributed by atoms with van der Waals surface area (Å²) in [6.45, 7) is 3.73. The highest BCUT2D eigenvalue weighted by molar-refractivity contribution is 5.70. The Morgan fingerprint density at radius 2 is 2.19 bits per heavy atom. The SMILES string of the molecule is CCC(CC(=O)OC)c1ccc(F)c(C)c1. The molecule has 1 aromatic carbocycles. The van der Waals surface area contributed by atoms with Crippen molar-refractivity contribution >= 4 is 5.97 Å². The van der Waals surface area contributed by atoms with Crippen molar-refractivity contribution in [2.45, 2.75) is 32.6 Å². The summed E-state index contributed by atoms with van der Waals surface area (Å²) in [7, 11) is 1.38. The molecule has 0 saturated carbocycles. The molecule has 1 unspecified atom stereocenters. The molecule has 1 aromatic rings. The van der Waals surface area contributed by atoms with Gasteiger partial charge in [-0.3, -0.25) is 4.79 Å². The number of carbonyl (C=O) groups is 1. The van der Waals surface area contributed by atoms with E-state index >= 15 is 0 Å². The molecule has 0 amide bonds. The predicted molar refractivity (Wildman–Crippen MR) is 60.8 cm³/mol. The fraction of sp³-hybridized carbons (Fsp3) is 0.462. The largest absolute Gasteiger partial charge is 0.469 e. The Balaban J connectivity index is 2.86. The van der Waals surface area contributed by atoms with Gasteiger partial charge in [-0.25, -0.2) is 4.39 Å². The van der Waals surface area contributed by atoms with E-state index in [4.69, 9.17) is 0 Å². The van der Waals surface area contributed by atoms with Crippen LogP contribution in [0.4, 0.5) is 4.39 Å². The molecule has 88 valence electrons. The molecule has 0 aliphatic carbocycles. The van der Waals surface area contributed by atoms with E-state index in [1.54, 1.807) is 19.1 Å². The number of carbonyl (C=O) groups excluding carboxylic acids is 1. The minimum Gasteiger partial charge on any atom is -0.469 e. The molecule has 1 atom stereocenters. The molecule has 0 aromatic heterocycles. The van der Waals surface area contributed by atoms with Gasteiger partial charge in [0.15, 0.2) is 0 Å². The quantitative estimate of drug-likeness (QED) is 0.734. The Morgan fingerprint density at radius 3 is 2.69 bits per heavy atom. The molecule has 0 aliphatic heterocycles. The number of hydrogen-bond acceptors (Lipinski definition) is 2. The predicted octanol–water partition coefficient (Wildman–Crippen LogP) is 3.19. The molecular formula is C13H17FO2. The van der Waals surface area contributed by atoms with E-state index in [0.29, 0.717) is 12.0 Å². The third kappa shape index (κ3) is 3.05. The fourth-order valence-electron chi connectivity index (χ4n) is 1.70. The van der Waals surface area contributed by atoms with Crippen molar-refractivity contribution in [2.75, 3.05) is 7.11 Å². The van der Waals surface area contributed by atoms with Gasteiger partial charge in [-0.2, -0.15) is 0 Å². The number of aryl methyl sites for hydroxylation is 1. The highest BCUT2D eigenvalue weighted by Gasteiger charge is 2.15. The van der Waals surface area contributed by atoms with Crippen LogP contribution in [0.15, 0.2) is 18.2 Å². The summed E-state index contributed by atoms with van der Waals surface area (Å²) in [5, 5.41) is 0. The van der Waals surface area contributed by atoms with Crippen molar-refractivity contribution < 1.29 is 13.9 Å². The van der Waals surface area contributed by atoms with Crippen LogP contribution in [0, 0.1) is 12.7 Å². The van der Waals surface area contributed by atoms with Gasteiger partial charge in [-0.15, -0.1) is 0 Å². The van der Waals surface area contributed by atoms with Gasteiger partial charge < -0.3 is 4.74 Å². The van der Waals surface area contributed by atoms with Crippen LogP contribution in [-0.4, -0.2) is 13.1 Å². The van der Waals surface area contributed by atoms with Crippen LogP contribution in [0.2, 0.25) is 0 Å². The zero-order valence-corrected chi connectivity index (χ0v) is 9.92. The van der Waals surface area contributed by atoms with Gasteiger partial charge in [0.2, 0.25) is 0 Å². The minimum atomic E-state index is -0.228. The van der Waals surface area contributed by atoms with Crippen molar-refractivity contribution in [3.8, 4) is 0 Å². The molecular weight excluding hydrogens is 207 g/mol. The van der Waals surface area contributed by atoms with Gasteiger partial charge in [-0.1, -0.05) is 19.1 Å². The highest BCUT2D eigenvalue weighted by Crippen LogP contribution is 2.25. The number of rotatable bonds is 4. The standard InChI is InChI=1S/C13H17FO2/c1-4-10(8-13(15)16-3)11-5-6-12(14)9(2)7-11/h5-7,10H,4,8H2,1-3H3. The first-order valence-electron chi connectivity index (χ1n) is 5.41.